The maximum Gasteiger partial charge on any atom is 0.0257 e. The van der Waals surface area contributed by atoms with Gasteiger partial charge in [0.05, 0.1) is 0 Å². The van der Waals surface area contributed by atoms with Gasteiger partial charge in [-0.05, 0) is 29.9 Å². The van der Waals surface area contributed by atoms with Crippen molar-refractivity contribution in [3.63, 3.8) is 0 Å². The van der Waals surface area contributed by atoms with Crippen LogP contribution in [0.2, 0.25) is 0 Å². The number of hydrogen-bond donors (Lipinski definition) is 0. The highest BCUT2D eigenvalue weighted by Crippen LogP contribution is 2.34. The lowest BCUT2D eigenvalue weighted by atomic mass is 10.1. The lowest BCUT2D eigenvalue weighted by Crippen LogP contribution is -1.82. The summed E-state index contributed by atoms with van der Waals surface area (Å²) in [5.41, 5.74) is 1.53. The van der Waals surface area contributed by atoms with Gasteiger partial charge in [-0.3, -0.25) is 0 Å². The number of fused-ring (bicyclic) bond motifs is 1. The molecular weight excluding hydrogens is 243 g/mol. The highest BCUT2D eigenvalue weighted by atomic mass is 79.9. The molecule has 2 aromatic rings. The minimum atomic E-state index is 0.874. The van der Waals surface area contributed by atoms with E-state index in [2.05, 4.69) is 46.9 Å². The monoisotopic (exact) mass is 254 g/mol. The normalized spacial score (nSPS) is 11.5. The first kappa shape index (κ1) is 9.30. The van der Waals surface area contributed by atoms with Crippen LogP contribution in [0.4, 0.5) is 0 Å². The van der Waals surface area contributed by atoms with Crippen LogP contribution in [-0.4, -0.2) is 0 Å². The van der Waals surface area contributed by atoms with E-state index in [9.17, 15) is 0 Å². The number of aryl methyl sites for hydroxylation is 1. The second-order valence-electron chi connectivity index (χ2n) is 3.22. The molecule has 0 saturated heterocycles. The summed E-state index contributed by atoms with van der Waals surface area (Å²) in [6, 6.07) is 6.66. The highest BCUT2D eigenvalue weighted by molar-refractivity contribution is 9.10. The number of benzene rings is 1. The fraction of sp³-hybridized carbons (Fsp3) is 0.273. The molecule has 0 bridgehead atoms. The summed E-state index contributed by atoms with van der Waals surface area (Å²) in [4.78, 5) is 0. The van der Waals surface area contributed by atoms with Gasteiger partial charge in [-0.15, -0.1) is 8.19 Å². The van der Waals surface area contributed by atoms with Gasteiger partial charge >= 0.3 is 0 Å². The van der Waals surface area contributed by atoms with Crippen molar-refractivity contribution in [2.75, 3.05) is 0 Å². The van der Waals surface area contributed by atoms with Gasteiger partial charge in [0.25, 0.3) is 0 Å². The van der Waals surface area contributed by atoms with Crippen LogP contribution in [0.5, 0.6) is 0 Å². The van der Waals surface area contributed by atoms with Crippen molar-refractivity contribution in [3.05, 3.63) is 34.0 Å². The van der Waals surface area contributed by atoms with Crippen LogP contribution in [0.3, 0.4) is 0 Å². The zero-order valence-electron chi connectivity index (χ0n) is 7.60. The lowest BCUT2D eigenvalue weighted by molar-refractivity contribution is 0.931. The quantitative estimate of drug-likeness (QED) is 0.736. The minimum absolute atomic E-state index is 0.874. The summed E-state index contributed by atoms with van der Waals surface area (Å²) < 4.78 is 1.24. The molecule has 0 aliphatic carbocycles. The van der Waals surface area contributed by atoms with Gasteiger partial charge in [0, 0.05) is 15.0 Å². The molecule has 2 rings (SSSR count). The first-order valence-corrected chi connectivity index (χ1v) is 6.44. The Morgan fingerprint density at radius 2 is 2.15 bits per heavy atom. The average Bonchev–Trinajstić information content (AvgIpc) is 2.59. The van der Waals surface area contributed by atoms with E-state index >= 15 is 0 Å². The molecule has 0 N–H and O–H groups in total. The molecule has 1 aromatic carbocycles. The van der Waals surface area contributed by atoms with Crippen molar-refractivity contribution in [1.82, 2.24) is 0 Å². The Balaban J connectivity index is 2.64. The van der Waals surface area contributed by atoms with Gasteiger partial charge in [-0.2, -0.15) is 0 Å². The summed E-state index contributed by atoms with van der Waals surface area (Å²) in [6.45, 7) is 2.24. The predicted octanol–water partition coefficient (Wildman–Crippen LogP) is 4.59. The van der Waals surface area contributed by atoms with Crippen molar-refractivity contribution < 1.29 is 0 Å². The van der Waals surface area contributed by atoms with E-state index in [1.165, 1.54) is 28.3 Å². The van der Waals surface area contributed by atoms with Gasteiger partial charge in [0.15, 0.2) is 0 Å². The van der Waals surface area contributed by atoms with Crippen molar-refractivity contribution in [3.8, 4) is 0 Å². The molecule has 1 unspecified atom stereocenters. The zero-order chi connectivity index (χ0) is 9.26. The Morgan fingerprint density at radius 1 is 1.31 bits per heavy atom. The smallest absolute Gasteiger partial charge is 0.0257 e. The van der Waals surface area contributed by atoms with Crippen molar-refractivity contribution in [1.29, 1.82) is 0 Å². The topological polar surface area (TPSA) is 0 Å². The second kappa shape index (κ2) is 3.86. The first-order valence-electron chi connectivity index (χ1n) is 4.57. The zero-order valence-corrected chi connectivity index (χ0v) is 10.2. The molecule has 0 radical (unpaired) electrons. The Labute approximate surface area is 88.6 Å². The van der Waals surface area contributed by atoms with Crippen LogP contribution in [-0.2, 0) is 6.42 Å². The third kappa shape index (κ3) is 1.68. The van der Waals surface area contributed by atoms with Crippen LogP contribution < -0.4 is 0 Å². The maximum absolute atomic E-state index is 3.59. The van der Waals surface area contributed by atoms with E-state index in [-0.39, 0.29) is 0 Å². The van der Waals surface area contributed by atoms with Gasteiger partial charge in [0.1, 0.15) is 0 Å². The van der Waals surface area contributed by atoms with Crippen LogP contribution in [0.15, 0.2) is 28.5 Å². The molecule has 1 heterocycles. The van der Waals surface area contributed by atoms with Crippen molar-refractivity contribution in [2.45, 2.75) is 19.8 Å². The average molecular weight is 255 g/mol. The SMILES string of the molecule is CCCc1ccc(Br)c2cc[pH]c12. The van der Waals surface area contributed by atoms with E-state index in [0.717, 1.165) is 8.19 Å². The Bertz CT molecular complexity index is 417. The molecule has 0 saturated carbocycles. The molecule has 0 spiro atoms. The predicted molar refractivity (Wildman–Crippen MR) is 65.1 cm³/mol. The molecular formula is C11H12BrP. The third-order valence-corrected chi connectivity index (χ3v) is 4.18. The molecule has 2 heteroatoms. The van der Waals surface area contributed by atoms with E-state index in [1.807, 2.05) is 0 Å². The van der Waals surface area contributed by atoms with Crippen LogP contribution >= 0.6 is 24.1 Å². The number of hydrogen-bond acceptors (Lipinski definition) is 0. The largest absolute Gasteiger partial charge is 0.131 e. The van der Waals surface area contributed by atoms with Gasteiger partial charge in [-0.25, -0.2) is 0 Å². The second-order valence-corrected chi connectivity index (χ2v) is 5.20. The molecule has 1 aromatic heterocycles. The molecule has 0 aliphatic heterocycles. The summed E-state index contributed by atoms with van der Waals surface area (Å²) in [7, 11) is 0.874. The van der Waals surface area contributed by atoms with E-state index in [1.54, 1.807) is 5.12 Å². The highest BCUT2D eigenvalue weighted by Gasteiger charge is 2.03. The van der Waals surface area contributed by atoms with Crippen molar-refractivity contribution >= 4 is 34.6 Å². The Morgan fingerprint density at radius 3 is 2.92 bits per heavy atom. The van der Waals surface area contributed by atoms with Crippen LogP contribution in [0, 0.1) is 0 Å². The van der Waals surface area contributed by atoms with E-state index < -0.39 is 0 Å². The molecule has 68 valence electrons. The molecule has 1 atom stereocenters. The molecule has 0 nitrogen and oxygen atoms in total. The summed E-state index contributed by atoms with van der Waals surface area (Å²) >= 11 is 3.59. The Hall–Kier alpha value is -0.260. The van der Waals surface area contributed by atoms with Gasteiger partial charge in [-0.1, -0.05) is 35.3 Å². The fourth-order valence-electron chi connectivity index (χ4n) is 1.66. The van der Waals surface area contributed by atoms with Crippen LogP contribution in [0.1, 0.15) is 18.9 Å². The first-order chi connectivity index (χ1) is 6.33. The van der Waals surface area contributed by atoms with Crippen molar-refractivity contribution in [2.24, 2.45) is 0 Å². The standard InChI is InChI=1S/C11H12BrP/c1-2-3-8-4-5-10(12)9-6-7-13-11(8)9/h4-7,13H,2-3H2,1H3. The summed E-state index contributed by atoms with van der Waals surface area (Å²) in [5.74, 6) is 2.27. The minimum Gasteiger partial charge on any atom is -0.131 e. The van der Waals surface area contributed by atoms with Gasteiger partial charge in [0.2, 0.25) is 0 Å². The molecule has 0 fully saturated rings. The summed E-state index contributed by atoms with van der Waals surface area (Å²) in [6.07, 6.45) is 2.45. The van der Waals surface area contributed by atoms with Gasteiger partial charge < -0.3 is 0 Å². The fourth-order valence-corrected chi connectivity index (χ4v) is 3.49. The summed E-state index contributed by atoms with van der Waals surface area (Å²) in [5, 5.41) is 2.96. The van der Waals surface area contributed by atoms with Crippen LogP contribution in [0.25, 0.3) is 10.5 Å². The van der Waals surface area contributed by atoms with E-state index in [4.69, 9.17) is 0 Å². The lowest BCUT2D eigenvalue weighted by Gasteiger charge is -2.02. The number of rotatable bonds is 2. The maximum atomic E-state index is 3.59. The Kier molecular flexibility index (Phi) is 2.76. The molecule has 0 amide bonds. The third-order valence-electron chi connectivity index (χ3n) is 2.28. The van der Waals surface area contributed by atoms with E-state index in [0.29, 0.717) is 0 Å². The molecule has 0 aliphatic rings. The molecule has 13 heavy (non-hydrogen) atoms. The number of halogens is 1.